The van der Waals surface area contributed by atoms with Crippen LogP contribution in [0.1, 0.15) is 25.5 Å². The van der Waals surface area contributed by atoms with E-state index in [4.69, 9.17) is 0 Å². The van der Waals surface area contributed by atoms with Crippen molar-refractivity contribution in [3.63, 3.8) is 0 Å². The maximum atomic E-state index is 13.5. The number of allylic oxidation sites excluding steroid dienone is 1. The number of carboxylic acid groups (broad SMARTS) is 1. The smallest absolute Gasteiger partial charge is 0.356 e. The Kier molecular flexibility index (Phi) is 6.60. The summed E-state index contributed by atoms with van der Waals surface area (Å²) >= 11 is 3.53. The molecule has 0 aliphatic carbocycles. The molecule has 2 aliphatic rings. The van der Waals surface area contributed by atoms with Crippen LogP contribution in [0.4, 0.5) is 0 Å². The first-order chi connectivity index (χ1) is 15.1. The van der Waals surface area contributed by atoms with Gasteiger partial charge in [0.15, 0.2) is 17.4 Å². The molecule has 0 radical (unpaired) electrons. The molecule has 2 saturated heterocycles. The molecule has 2 fully saturated rings. The summed E-state index contributed by atoms with van der Waals surface area (Å²) in [7, 11) is 0. The number of benzene rings is 1. The Labute approximate surface area is 195 Å². The maximum absolute atomic E-state index is 13.5. The van der Waals surface area contributed by atoms with Crippen LogP contribution in [0.5, 0.6) is 0 Å². The Balaban J connectivity index is 2.07. The Hall–Kier alpha value is -2.93. The van der Waals surface area contributed by atoms with Gasteiger partial charge in [-0.1, -0.05) is 58.0 Å². The van der Waals surface area contributed by atoms with E-state index in [1.165, 1.54) is 13.8 Å². The topological polar surface area (TPSA) is 148 Å². The first-order valence-corrected chi connectivity index (χ1v) is 11.3. The standard InChI is InChI=1S/C19H19BrN4O7S/c1-19(2)23(16(28)12(24(19)21-31)10-6-4-3-5-7-10)14-15(27)22(17(14)32-9-25)13(18(29)30)11(26)8-20/h3-7,9,12,14,17,26H,8H2,1-2H3,(H,29,30). The zero-order valence-electron chi connectivity index (χ0n) is 16.9. The van der Waals surface area contributed by atoms with Gasteiger partial charge in [0.2, 0.25) is 0 Å². The van der Waals surface area contributed by atoms with Gasteiger partial charge >= 0.3 is 5.97 Å². The Morgan fingerprint density at radius 1 is 1.22 bits per heavy atom. The number of halogens is 1. The van der Waals surface area contributed by atoms with Gasteiger partial charge < -0.3 is 15.1 Å². The largest absolute Gasteiger partial charge is 0.509 e. The summed E-state index contributed by atoms with van der Waals surface area (Å²) in [5, 5.41) is 22.2. The van der Waals surface area contributed by atoms with Crippen LogP contribution in [-0.4, -0.2) is 70.8 Å². The third-order valence-corrected chi connectivity index (χ3v) is 6.79. The van der Waals surface area contributed by atoms with Crippen LogP contribution in [0.25, 0.3) is 0 Å². The van der Waals surface area contributed by atoms with Gasteiger partial charge in [0.05, 0.1) is 10.6 Å². The summed E-state index contributed by atoms with van der Waals surface area (Å²) < 4.78 is 0. The summed E-state index contributed by atoms with van der Waals surface area (Å²) in [6.07, 6.45) is 0. The molecule has 11 nitrogen and oxygen atoms in total. The molecule has 3 unspecified atom stereocenters. The minimum Gasteiger partial charge on any atom is -0.509 e. The van der Waals surface area contributed by atoms with E-state index < -0.39 is 52.4 Å². The number of likely N-dealkylation sites (tertiary alicyclic amines) is 1. The number of rotatable bonds is 8. The normalized spacial score (nSPS) is 25.3. The number of carboxylic acids is 1. The predicted molar refractivity (Wildman–Crippen MR) is 118 cm³/mol. The lowest BCUT2D eigenvalue weighted by atomic mass is 10.00. The van der Waals surface area contributed by atoms with Gasteiger partial charge in [0.25, 0.3) is 11.8 Å². The van der Waals surface area contributed by atoms with E-state index in [9.17, 15) is 34.3 Å². The van der Waals surface area contributed by atoms with E-state index >= 15 is 0 Å². The highest BCUT2D eigenvalue weighted by Gasteiger charge is 2.64. The molecule has 2 heterocycles. The Bertz CT molecular complexity index is 1000. The van der Waals surface area contributed by atoms with E-state index in [1.807, 2.05) is 0 Å². The van der Waals surface area contributed by atoms with E-state index in [1.54, 1.807) is 30.3 Å². The minimum absolute atomic E-state index is 0.241. The van der Waals surface area contributed by atoms with Gasteiger partial charge in [-0.3, -0.25) is 19.3 Å². The molecule has 3 rings (SSSR count). The monoisotopic (exact) mass is 526 g/mol. The molecular weight excluding hydrogens is 508 g/mol. The van der Waals surface area contributed by atoms with Crippen molar-refractivity contribution in [1.29, 1.82) is 0 Å². The average Bonchev–Trinajstić information content (AvgIpc) is 2.96. The number of aliphatic carboxylic acids is 1. The first kappa shape index (κ1) is 23.7. The number of carbonyl (C=O) groups excluding carboxylic acids is 3. The van der Waals surface area contributed by atoms with Crippen molar-refractivity contribution in [3.8, 4) is 0 Å². The quantitative estimate of drug-likeness (QED) is 0.129. The van der Waals surface area contributed by atoms with Gasteiger partial charge in [0.1, 0.15) is 22.8 Å². The summed E-state index contributed by atoms with van der Waals surface area (Å²) in [6, 6.07) is 6.05. The SMILES string of the molecule is CC1(C)N(N=O)C(c2ccccc2)C(=O)N1C1C(=O)N(C(C(=O)O)=C(O)CBr)C1SC=O. The van der Waals surface area contributed by atoms with Crippen molar-refractivity contribution in [2.45, 2.75) is 37.0 Å². The lowest BCUT2D eigenvalue weighted by molar-refractivity contribution is -0.164. The van der Waals surface area contributed by atoms with E-state index in [0.717, 1.165) is 14.8 Å². The number of hydrogen-bond donors (Lipinski definition) is 2. The van der Waals surface area contributed by atoms with Crippen molar-refractivity contribution < 1.29 is 29.4 Å². The van der Waals surface area contributed by atoms with E-state index in [0.29, 0.717) is 22.9 Å². The fourth-order valence-electron chi connectivity index (χ4n) is 4.02. The van der Waals surface area contributed by atoms with Crippen LogP contribution in [0.3, 0.4) is 0 Å². The molecular formula is C19H19BrN4O7S. The number of amides is 2. The van der Waals surface area contributed by atoms with Crippen LogP contribution in [0.2, 0.25) is 0 Å². The van der Waals surface area contributed by atoms with E-state index in [-0.39, 0.29) is 5.33 Å². The number of nitrogens with zero attached hydrogens (tertiary/aromatic N) is 4. The van der Waals surface area contributed by atoms with Crippen molar-refractivity contribution in [3.05, 3.63) is 52.3 Å². The second-order valence-electron chi connectivity index (χ2n) is 7.45. The molecule has 13 heteroatoms. The second-order valence-corrected chi connectivity index (χ2v) is 8.96. The van der Waals surface area contributed by atoms with Gasteiger partial charge in [-0.25, -0.2) is 9.80 Å². The highest BCUT2D eigenvalue weighted by Crippen LogP contribution is 2.47. The molecule has 2 amide bonds. The summed E-state index contributed by atoms with van der Waals surface area (Å²) in [5.41, 5.74) is -1.16. The van der Waals surface area contributed by atoms with Gasteiger partial charge in [0, 0.05) is 0 Å². The Morgan fingerprint density at radius 2 is 1.84 bits per heavy atom. The summed E-state index contributed by atoms with van der Waals surface area (Å²) in [5.74, 6) is -3.60. The number of alkyl halides is 1. The first-order valence-electron chi connectivity index (χ1n) is 9.27. The maximum Gasteiger partial charge on any atom is 0.356 e. The van der Waals surface area contributed by atoms with Crippen molar-refractivity contribution in [2.24, 2.45) is 5.29 Å². The van der Waals surface area contributed by atoms with E-state index in [2.05, 4.69) is 21.2 Å². The average molecular weight is 527 g/mol. The predicted octanol–water partition coefficient (Wildman–Crippen LogP) is 2.00. The van der Waals surface area contributed by atoms with Gasteiger partial charge in [-0.15, -0.1) is 4.91 Å². The van der Waals surface area contributed by atoms with Crippen LogP contribution >= 0.6 is 27.7 Å². The number of aliphatic hydroxyl groups excluding tert-OH is 1. The summed E-state index contributed by atoms with van der Waals surface area (Å²) in [4.78, 5) is 63.2. The Morgan fingerprint density at radius 3 is 2.34 bits per heavy atom. The molecule has 0 saturated carbocycles. The van der Waals surface area contributed by atoms with Crippen LogP contribution < -0.4 is 0 Å². The van der Waals surface area contributed by atoms with Crippen molar-refractivity contribution in [1.82, 2.24) is 14.8 Å². The molecule has 1 aromatic rings. The van der Waals surface area contributed by atoms with Crippen LogP contribution in [-0.2, 0) is 19.2 Å². The minimum atomic E-state index is -1.57. The van der Waals surface area contributed by atoms with Gasteiger partial charge in [-0.2, -0.15) is 0 Å². The number of thioether (sulfide) groups is 1. The zero-order valence-corrected chi connectivity index (χ0v) is 19.3. The van der Waals surface area contributed by atoms with Crippen LogP contribution in [0, 0.1) is 4.91 Å². The highest BCUT2D eigenvalue weighted by molar-refractivity contribution is 9.09. The van der Waals surface area contributed by atoms with Crippen LogP contribution in [0.15, 0.2) is 47.1 Å². The number of carbonyl (C=O) groups is 4. The zero-order chi connectivity index (χ0) is 23.8. The lowest BCUT2D eigenvalue weighted by Crippen LogP contribution is -2.72. The molecule has 32 heavy (non-hydrogen) atoms. The third kappa shape index (κ3) is 3.54. The summed E-state index contributed by atoms with van der Waals surface area (Å²) in [6.45, 7) is 3.05. The fraction of sp³-hybridized carbons (Fsp3) is 0.368. The number of nitroso groups, excluding NO2 is 1. The lowest BCUT2D eigenvalue weighted by Gasteiger charge is -2.52. The van der Waals surface area contributed by atoms with Gasteiger partial charge in [-0.05, 0) is 19.4 Å². The number of β-lactam (4-membered cyclic amide) rings is 1. The number of hydrogen-bond acceptors (Lipinski definition) is 8. The van der Waals surface area contributed by atoms with Crippen molar-refractivity contribution in [2.75, 3.05) is 5.33 Å². The molecule has 170 valence electrons. The fourth-order valence-corrected chi connectivity index (χ4v) is 5.12. The second kappa shape index (κ2) is 8.90. The molecule has 2 N–H and O–H groups in total. The van der Waals surface area contributed by atoms with Crippen molar-refractivity contribution >= 4 is 51.1 Å². The number of aliphatic hydroxyl groups is 1. The molecule has 3 atom stereocenters. The third-order valence-electron chi connectivity index (χ3n) is 5.40. The molecule has 1 aromatic carbocycles. The highest BCUT2D eigenvalue weighted by atomic mass is 79.9. The molecule has 0 aromatic heterocycles. The molecule has 0 spiro atoms. The molecule has 0 bridgehead atoms. The molecule has 2 aliphatic heterocycles.